The number of hydrogen-bond donors (Lipinski definition) is 1. The molecule has 0 aliphatic heterocycles. The molecule has 0 amide bonds. The van der Waals surface area contributed by atoms with Crippen LogP contribution >= 0.6 is 11.6 Å². The highest BCUT2D eigenvalue weighted by atomic mass is 35.5. The predicted molar refractivity (Wildman–Crippen MR) is 104 cm³/mol. The number of rotatable bonds is 8. The first kappa shape index (κ1) is 17.6. The second-order valence-corrected chi connectivity index (χ2v) is 6.56. The summed E-state index contributed by atoms with van der Waals surface area (Å²) in [7, 11) is 0. The fourth-order valence-electron chi connectivity index (χ4n) is 2.88. The highest BCUT2D eigenvalue weighted by Crippen LogP contribution is 2.32. The molecule has 0 saturated heterocycles. The molecule has 25 heavy (non-hydrogen) atoms. The van der Waals surface area contributed by atoms with E-state index in [0.29, 0.717) is 16.3 Å². The van der Waals surface area contributed by atoms with Gasteiger partial charge in [0.2, 0.25) is 5.78 Å². The molecule has 3 aromatic rings. The van der Waals surface area contributed by atoms with Crippen molar-refractivity contribution in [2.45, 2.75) is 32.6 Å². The minimum atomic E-state index is -0.135. The Kier molecular flexibility index (Phi) is 5.77. The maximum Gasteiger partial charge on any atom is 0.230 e. The maximum atomic E-state index is 12.9. The Morgan fingerprint density at radius 2 is 1.80 bits per heavy atom. The Morgan fingerprint density at radius 3 is 2.56 bits per heavy atom. The van der Waals surface area contributed by atoms with E-state index in [1.165, 1.54) is 19.3 Å². The van der Waals surface area contributed by atoms with Gasteiger partial charge in [-0.3, -0.25) is 4.79 Å². The number of hydrogen-bond acceptors (Lipinski definition) is 3. The van der Waals surface area contributed by atoms with Crippen LogP contribution in [-0.4, -0.2) is 12.3 Å². The van der Waals surface area contributed by atoms with Gasteiger partial charge in [0.25, 0.3) is 0 Å². The van der Waals surface area contributed by atoms with Crippen molar-refractivity contribution in [3.63, 3.8) is 0 Å². The summed E-state index contributed by atoms with van der Waals surface area (Å²) in [5.74, 6) is 0.225. The van der Waals surface area contributed by atoms with Crippen molar-refractivity contribution in [2.75, 3.05) is 11.9 Å². The Bertz CT molecular complexity index is 852. The molecule has 0 bridgehead atoms. The number of unbranched alkanes of at least 4 members (excludes halogenated alkanes) is 3. The molecule has 3 rings (SSSR count). The predicted octanol–water partition coefficient (Wildman–Crippen LogP) is 6.31. The van der Waals surface area contributed by atoms with Gasteiger partial charge in [-0.25, -0.2) is 0 Å². The first-order chi connectivity index (χ1) is 12.2. The van der Waals surface area contributed by atoms with Gasteiger partial charge in [0.15, 0.2) is 5.76 Å². The van der Waals surface area contributed by atoms with Crippen LogP contribution in [0.3, 0.4) is 0 Å². The van der Waals surface area contributed by atoms with Crippen LogP contribution in [-0.2, 0) is 0 Å². The topological polar surface area (TPSA) is 42.2 Å². The summed E-state index contributed by atoms with van der Waals surface area (Å²) < 4.78 is 5.88. The smallest absolute Gasteiger partial charge is 0.230 e. The van der Waals surface area contributed by atoms with Crippen LogP contribution in [0, 0.1) is 0 Å². The zero-order chi connectivity index (χ0) is 17.6. The number of halogens is 1. The van der Waals surface area contributed by atoms with E-state index in [-0.39, 0.29) is 5.78 Å². The first-order valence-electron chi connectivity index (χ1n) is 8.76. The molecule has 1 aromatic heterocycles. The Hall–Kier alpha value is -2.26. The first-order valence-corrected chi connectivity index (χ1v) is 9.14. The van der Waals surface area contributed by atoms with Gasteiger partial charge in [-0.2, -0.15) is 0 Å². The van der Waals surface area contributed by atoms with E-state index in [1.54, 1.807) is 24.3 Å². The van der Waals surface area contributed by atoms with Gasteiger partial charge in [0.05, 0.1) is 5.69 Å². The van der Waals surface area contributed by atoms with Gasteiger partial charge in [-0.05, 0) is 42.8 Å². The summed E-state index contributed by atoms with van der Waals surface area (Å²) >= 11 is 5.92. The lowest BCUT2D eigenvalue weighted by atomic mass is 10.1. The van der Waals surface area contributed by atoms with Gasteiger partial charge in [-0.15, -0.1) is 0 Å². The quantitative estimate of drug-likeness (QED) is 0.380. The molecule has 0 unspecified atom stereocenters. The van der Waals surface area contributed by atoms with E-state index < -0.39 is 0 Å². The molecule has 4 heteroatoms. The van der Waals surface area contributed by atoms with Crippen molar-refractivity contribution >= 4 is 34.0 Å². The lowest BCUT2D eigenvalue weighted by Crippen LogP contribution is -2.07. The van der Waals surface area contributed by atoms with Crippen LogP contribution in [0.25, 0.3) is 11.0 Å². The number of benzene rings is 2. The number of nitrogens with one attached hydrogen (secondary N) is 1. The third-order valence-electron chi connectivity index (χ3n) is 4.24. The molecule has 2 aromatic carbocycles. The summed E-state index contributed by atoms with van der Waals surface area (Å²) in [6.45, 7) is 3.02. The number of anilines is 1. The average Bonchev–Trinajstić information content (AvgIpc) is 3.00. The van der Waals surface area contributed by atoms with Gasteiger partial charge >= 0.3 is 0 Å². The molecule has 3 nitrogen and oxygen atoms in total. The normalized spacial score (nSPS) is 11.0. The second-order valence-electron chi connectivity index (χ2n) is 6.13. The number of ketones is 1. The van der Waals surface area contributed by atoms with E-state index in [0.717, 1.165) is 29.6 Å². The zero-order valence-corrected chi connectivity index (χ0v) is 15.1. The van der Waals surface area contributed by atoms with Crippen molar-refractivity contribution in [1.82, 2.24) is 0 Å². The van der Waals surface area contributed by atoms with Gasteiger partial charge in [0, 0.05) is 22.5 Å². The molecule has 0 saturated carbocycles. The lowest BCUT2D eigenvalue weighted by Gasteiger charge is -2.07. The number of carbonyl (C=O) groups excluding carboxylic acids is 1. The van der Waals surface area contributed by atoms with Crippen molar-refractivity contribution in [3.05, 3.63) is 64.9 Å². The van der Waals surface area contributed by atoms with Crippen molar-refractivity contribution < 1.29 is 9.21 Å². The van der Waals surface area contributed by atoms with Crippen LogP contribution < -0.4 is 5.32 Å². The number of furan rings is 1. The van der Waals surface area contributed by atoms with Gasteiger partial charge < -0.3 is 9.73 Å². The highest BCUT2D eigenvalue weighted by Gasteiger charge is 2.21. The third kappa shape index (κ3) is 4.05. The van der Waals surface area contributed by atoms with Crippen LogP contribution in [0.4, 0.5) is 5.69 Å². The third-order valence-corrected chi connectivity index (χ3v) is 4.49. The largest absolute Gasteiger partial charge is 0.450 e. The molecule has 0 atom stereocenters. The Labute approximate surface area is 153 Å². The standard InChI is InChI=1S/C21H22ClNO2/c1-2-3-4-7-14-23-19-17-8-5-6-9-18(17)25-21(19)20(24)15-10-12-16(22)13-11-15/h5-6,8-13,23H,2-4,7,14H2,1H3. The van der Waals surface area contributed by atoms with Crippen LogP contribution in [0.2, 0.25) is 5.02 Å². The Balaban J connectivity index is 1.89. The Morgan fingerprint density at radius 1 is 1.04 bits per heavy atom. The molecule has 130 valence electrons. The fourth-order valence-corrected chi connectivity index (χ4v) is 3.00. The zero-order valence-electron chi connectivity index (χ0n) is 14.3. The molecule has 0 aliphatic carbocycles. The minimum Gasteiger partial charge on any atom is -0.450 e. The molecular weight excluding hydrogens is 334 g/mol. The number of para-hydroxylation sites is 1. The number of fused-ring (bicyclic) bond motifs is 1. The maximum absolute atomic E-state index is 12.9. The highest BCUT2D eigenvalue weighted by molar-refractivity contribution is 6.30. The summed E-state index contributed by atoms with van der Waals surface area (Å²) in [5.41, 5.74) is 2.07. The van der Waals surface area contributed by atoms with Crippen LogP contribution in [0.1, 0.15) is 48.7 Å². The van der Waals surface area contributed by atoms with E-state index >= 15 is 0 Å². The molecular formula is C21H22ClNO2. The summed E-state index contributed by atoms with van der Waals surface area (Å²) in [4.78, 5) is 12.9. The lowest BCUT2D eigenvalue weighted by molar-refractivity contribution is 0.101. The van der Waals surface area contributed by atoms with Crippen molar-refractivity contribution in [1.29, 1.82) is 0 Å². The second kappa shape index (κ2) is 8.21. The van der Waals surface area contributed by atoms with Crippen LogP contribution in [0.5, 0.6) is 0 Å². The van der Waals surface area contributed by atoms with Gasteiger partial charge in [-0.1, -0.05) is 49.9 Å². The van der Waals surface area contributed by atoms with E-state index in [4.69, 9.17) is 16.0 Å². The summed E-state index contributed by atoms with van der Waals surface area (Å²) in [6, 6.07) is 14.6. The summed E-state index contributed by atoms with van der Waals surface area (Å²) in [6.07, 6.45) is 4.68. The molecule has 0 aliphatic rings. The average molecular weight is 356 g/mol. The SMILES string of the molecule is CCCCCCNc1c(C(=O)c2ccc(Cl)cc2)oc2ccccc12. The molecule has 1 N–H and O–H groups in total. The van der Waals surface area contributed by atoms with E-state index in [1.807, 2.05) is 24.3 Å². The summed E-state index contributed by atoms with van der Waals surface area (Å²) in [5, 5.41) is 4.96. The van der Waals surface area contributed by atoms with Crippen LogP contribution in [0.15, 0.2) is 52.9 Å². The molecule has 0 radical (unpaired) electrons. The van der Waals surface area contributed by atoms with Gasteiger partial charge in [0.1, 0.15) is 5.58 Å². The molecule has 1 heterocycles. The molecule has 0 fully saturated rings. The number of carbonyl (C=O) groups is 1. The van der Waals surface area contributed by atoms with Crippen molar-refractivity contribution in [2.24, 2.45) is 0 Å². The van der Waals surface area contributed by atoms with E-state index in [2.05, 4.69) is 12.2 Å². The minimum absolute atomic E-state index is 0.135. The fraction of sp³-hybridized carbons (Fsp3) is 0.286. The molecule has 0 spiro atoms. The van der Waals surface area contributed by atoms with E-state index in [9.17, 15) is 4.79 Å². The monoisotopic (exact) mass is 355 g/mol. The van der Waals surface area contributed by atoms with Crippen molar-refractivity contribution in [3.8, 4) is 0 Å².